The molecular weight excluding hydrogens is 488 g/mol. The van der Waals surface area contributed by atoms with Gasteiger partial charge in [0.05, 0.1) is 24.2 Å². The van der Waals surface area contributed by atoms with Gasteiger partial charge in [-0.3, -0.25) is 4.79 Å². The van der Waals surface area contributed by atoms with Crippen molar-refractivity contribution in [3.8, 4) is 23.3 Å². The SMILES string of the molecule is COc1ccc2c3c1O[C@H]1[C@@H](N(CC(C)C)C(=O)C#Cc4ccc(C)c(C)c4)CC[C@@]4(O)[C@@H](C2)N(C)CC[C@]314. The van der Waals surface area contributed by atoms with Crippen LogP contribution in [0.25, 0.3) is 0 Å². The van der Waals surface area contributed by atoms with Crippen molar-refractivity contribution < 1.29 is 19.4 Å². The average Bonchev–Trinajstić information content (AvgIpc) is 3.25. The van der Waals surface area contributed by atoms with Crippen LogP contribution in [0.2, 0.25) is 0 Å². The van der Waals surface area contributed by atoms with Gasteiger partial charge in [-0.1, -0.05) is 31.9 Å². The topological polar surface area (TPSA) is 62.2 Å². The summed E-state index contributed by atoms with van der Waals surface area (Å²) < 4.78 is 12.6. The molecule has 1 saturated heterocycles. The van der Waals surface area contributed by atoms with Gasteiger partial charge in [-0.15, -0.1) is 0 Å². The third kappa shape index (κ3) is 3.73. The fourth-order valence-corrected chi connectivity index (χ4v) is 7.98. The summed E-state index contributed by atoms with van der Waals surface area (Å²) in [7, 11) is 3.79. The molecule has 0 aromatic heterocycles. The van der Waals surface area contributed by atoms with Crippen molar-refractivity contribution >= 4 is 5.91 Å². The lowest BCUT2D eigenvalue weighted by atomic mass is 9.48. The highest BCUT2D eigenvalue weighted by molar-refractivity contribution is 5.94. The van der Waals surface area contributed by atoms with Gasteiger partial charge in [0.2, 0.25) is 0 Å². The van der Waals surface area contributed by atoms with Gasteiger partial charge in [-0.05, 0) is 93.9 Å². The number of nitrogens with zero attached hydrogens (tertiary/aromatic N) is 2. The molecule has 0 radical (unpaired) electrons. The maximum atomic E-state index is 13.9. The standard InChI is InChI=1S/C33H40N2O4/c1-20(2)19-35(28(36)12-9-23-8-7-21(3)22(4)17-23)25-13-14-33(37)27-18-24-10-11-26(38-6)30-29(24)32(33,31(25)39-30)15-16-34(27)5/h7-8,10-11,17,20,25,27,31,37H,13-16,18-19H2,1-6H3/t25-,27+,31-,32-,33+/m0/s1. The molecule has 6 rings (SSSR count). The van der Waals surface area contributed by atoms with Crippen LogP contribution in [-0.2, 0) is 16.6 Å². The molecule has 1 spiro atoms. The molecule has 2 aliphatic heterocycles. The summed E-state index contributed by atoms with van der Waals surface area (Å²) in [6.45, 7) is 9.86. The maximum Gasteiger partial charge on any atom is 0.299 e. The maximum absolute atomic E-state index is 13.9. The van der Waals surface area contributed by atoms with E-state index in [1.807, 2.05) is 29.2 Å². The lowest BCUT2D eigenvalue weighted by Crippen LogP contribution is -2.78. The Labute approximate surface area is 232 Å². The van der Waals surface area contributed by atoms with Crippen LogP contribution in [0.4, 0.5) is 0 Å². The predicted octanol–water partition coefficient (Wildman–Crippen LogP) is 4.00. The first-order valence-corrected chi connectivity index (χ1v) is 14.3. The summed E-state index contributed by atoms with van der Waals surface area (Å²) in [5.74, 6) is 7.63. The normalized spacial score (nSPS) is 30.2. The van der Waals surface area contributed by atoms with Crippen LogP contribution in [0.5, 0.6) is 11.5 Å². The van der Waals surface area contributed by atoms with Crippen LogP contribution in [0, 0.1) is 31.6 Å². The van der Waals surface area contributed by atoms with Crippen molar-refractivity contribution in [3.05, 3.63) is 58.1 Å². The van der Waals surface area contributed by atoms with Crippen LogP contribution in [0.1, 0.15) is 60.9 Å². The summed E-state index contributed by atoms with van der Waals surface area (Å²) in [5, 5.41) is 12.6. The molecule has 2 aliphatic carbocycles. The molecular formula is C33H40N2O4. The summed E-state index contributed by atoms with van der Waals surface area (Å²) in [4.78, 5) is 18.1. The highest BCUT2D eigenvalue weighted by Gasteiger charge is 2.73. The second-order valence-corrected chi connectivity index (χ2v) is 12.5. The lowest BCUT2D eigenvalue weighted by Gasteiger charge is -2.64. The fraction of sp³-hybridized carbons (Fsp3) is 0.545. The number of aliphatic hydroxyl groups is 1. The molecule has 1 saturated carbocycles. The highest BCUT2D eigenvalue weighted by atomic mass is 16.5. The van der Waals surface area contributed by atoms with Crippen LogP contribution >= 0.6 is 0 Å². The zero-order valence-electron chi connectivity index (χ0n) is 24.0. The summed E-state index contributed by atoms with van der Waals surface area (Å²) in [5.41, 5.74) is 4.05. The number of ether oxygens (including phenoxy) is 2. The number of carbonyl (C=O) groups excluding carboxylic acids is 1. The highest BCUT2D eigenvalue weighted by Crippen LogP contribution is 2.65. The van der Waals surface area contributed by atoms with Gasteiger partial charge in [0.1, 0.15) is 6.10 Å². The lowest BCUT2D eigenvalue weighted by molar-refractivity contribution is -0.197. The largest absolute Gasteiger partial charge is 0.493 e. The number of hydrogen-bond acceptors (Lipinski definition) is 5. The Morgan fingerprint density at radius 1 is 1.23 bits per heavy atom. The summed E-state index contributed by atoms with van der Waals surface area (Å²) in [6.07, 6.45) is 2.50. The van der Waals surface area contributed by atoms with Crippen LogP contribution in [0.3, 0.4) is 0 Å². The molecule has 2 fully saturated rings. The van der Waals surface area contributed by atoms with E-state index in [4.69, 9.17) is 9.47 Å². The number of carbonyl (C=O) groups is 1. The molecule has 206 valence electrons. The summed E-state index contributed by atoms with van der Waals surface area (Å²) >= 11 is 0. The van der Waals surface area contributed by atoms with Gasteiger partial charge in [0.25, 0.3) is 5.91 Å². The van der Waals surface area contributed by atoms with Gasteiger partial charge in [-0.2, -0.15) is 0 Å². The van der Waals surface area contributed by atoms with Crippen molar-refractivity contribution in [2.24, 2.45) is 5.92 Å². The van der Waals surface area contributed by atoms with Crippen LogP contribution in [0.15, 0.2) is 30.3 Å². The Morgan fingerprint density at radius 3 is 2.74 bits per heavy atom. The number of piperidine rings is 1. The van der Waals surface area contributed by atoms with Gasteiger partial charge in [0.15, 0.2) is 11.5 Å². The Balaban J connectivity index is 1.43. The van der Waals surface area contributed by atoms with Crippen LogP contribution < -0.4 is 9.47 Å². The van der Waals surface area contributed by atoms with E-state index in [1.54, 1.807) is 7.11 Å². The number of likely N-dealkylation sites (N-methyl/N-ethyl adjacent to an activating group) is 1. The molecule has 4 aliphatic rings. The van der Waals surface area contributed by atoms with Crippen molar-refractivity contribution in [2.75, 3.05) is 27.2 Å². The second kappa shape index (κ2) is 9.28. The van der Waals surface area contributed by atoms with Crippen molar-refractivity contribution in [3.63, 3.8) is 0 Å². The Kier molecular flexibility index (Phi) is 6.24. The quantitative estimate of drug-likeness (QED) is 0.608. The zero-order chi connectivity index (χ0) is 27.7. The summed E-state index contributed by atoms with van der Waals surface area (Å²) in [6, 6.07) is 10.0. The van der Waals surface area contributed by atoms with Crippen LogP contribution in [-0.4, -0.2) is 71.8 Å². The van der Waals surface area contributed by atoms with E-state index in [-0.39, 0.29) is 30.0 Å². The van der Waals surface area contributed by atoms with E-state index in [0.717, 1.165) is 41.8 Å². The van der Waals surface area contributed by atoms with Gasteiger partial charge in [-0.25, -0.2) is 0 Å². The van der Waals surface area contributed by atoms with Crippen molar-refractivity contribution in [1.29, 1.82) is 0 Å². The van der Waals surface area contributed by atoms with Gasteiger partial charge in [0, 0.05) is 29.6 Å². The molecule has 2 heterocycles. The van der Waals surface area contributed by atoms with Gasteiger partial charge >= 0.3 is 0 Å². The third-order valence-corrected chi connectivity index (χ3v) is 9.95. The molecule has 1 N–H and O–H groups in total. The van der Waals surface area contributed by atoms with E-state index >= 15 is 0 Å². The van der Waals surface area contributed by atoms with E-state index in [0.29, 0.717) is 25.1 Å². The fourth-order valence-electron chi connectivity index (χ4n) is 7.98. The third-order valence-electron chi connectivity index (χ3n) is 9.95. The number of methoxy groups -OCH3 is 1. The molecule has 2 aromatic carbocycles. The second-order valence-electron chi connectivity index (χ2n) is 12.5. The smallest absolute Gasteiger partial charge is 0.299 e. The molecule has 0 unspecified atom stereocenters. The van der Waals surface area contributed by atoms with E-state index in [1.165, 1.54) is 11.1 Å². The Bertz CT molecular complexity index is 1390. The first-order valence-electron chi connectivity index (χ1n) is 14.3. The first-order chi connectivity index (χ1) is 18.6. The van der Waals surface area contributed by atoms with E-state index in [9.17, 15) is 9.90 Å². The number of amides is 1. The Hall–Kier alpha value is -3.01. The number of hydrogen-bond donors (Lipinski definition) is 1. The van der Waals surface area contributed by atoms with E-state index < -0.39 is 11.0 Å². The average molecular weight is 529 g/mol. The Morgan fingerprint density at radius 2 is 2.03 bits per heavy atom. The minimum absolute atomic E-state index is 0.0176. The molecule has 39 heavy (non-hydrogen) atoms. The van der Waals surface area contributed by atoms with E-state index in [2.05, 4.69) is 57.5 Å². The monoisotopic (exact) mass is 528 g/mol. The number of benzene rings is 2. The van der Waals surface area contributed by atoms with Crippen molar-refractivity contribution in [1.82, 2.24) is 9.80 Å². The number of aryl methyl sites for hydroxylation is 2. The number of likely N-dealkylation sites (tertiary alicyclic amines) is 1. The molecule has 2 bridgehead atoms. The molecule has 1 amide bonds. The minimum Gasteiger partial charge on any atom is -0.493 e. The minimum atomic E-state index is -0.927. The van der Waals surface area contributed by atoms with Crippen molar-refractivity contribution in [2.45, 2.75) is 82.6 Å². The van der Waals surface area contributed by atoms with Gasteiger partial charge < -0.3 is 24.4 Å². The first kappa shape index (κ1) is 26.2. The molecule has 2 aromatic rings. The number of rotatable bonds is 4. The molecule has 6 nitrogen and oxygen atoms in total. The zero-order valence-corrected chi connectivity index (χ0v) is 24.0. The molecule has 6 heteroatoms. The predicted molar refractivity (Wildman–Crippen MR) is 151 cm³/mol. The molecule has 5 atom stereocenters.